The summed E-state index contributed by atoms with van der Waals surface area (Å²) < 4.78 is 0.848. The van der Waals surface area contributed by atoms with Gasteiger partial charge < -0.3 is 5.32 Å². The fraction of sp³-hybridized carbons (Fsp3) is 0.417. The van der Waals surface area contributed by atoms with E-state index in [1.807, 2.05) is 12.1 Å². The maximum atomic E-state index is 11.5. The fourth-order valence-corrected chi connectivity index (χ4v) is 1.67. The Labute approximate surface area is 110 Å². The van der Waals surface area contributed by atoms with Crippen LogP contribution in [0.1, 0.15) is 19.4 Å². The van der Waals surface area contributed by atoms with Crippen LogP contribution in [0.25, 0.3) is 0 Å². The summed E-state index contributed by atoms with van der Waals surface area (Å²) in [4.78, 5) is 11.5. The first kappa shape index (κ1) is 13.5. The molecule has 1 N–H and O–H groups in total. The summed E-state index contributed by atoms with van der Waals surface area (Å²) in [6, 6.07) is 5.55. The molecule has 1 rings (SSSR count). The van der Waals surface area contributed by atoms with E-state index in [9.17, 15) is 4.79 Å². The van der Waals surface area contributed by atoms with E-state index in [4.69, 9.17) is 11.6 Å². The summed E-state index contributed by atoms with van der Waals surface area (Å²) in [6.45, 7) is 4.84. The van der Waals surface area contributed by atoms with Gasteiger partial charge in [-0.25, -0.2) is 0 Å². The minimum absolute atomic E-state index is 0.0343. The maximum absolute atomic E-state index is 11.5. The smallest absolute Gasteiger partial charge is 0.224 e. The third-order valence-electron chi connectivity index (χ3n) is 2.06. The first-order chi connectivity index (χ1) is 7.49. The summed E-state index contributed by atoms with van der Waals surface area (Å²) in [5.74, 6) is 0.504. The zero-order valence-corrected chi connectivity index (χ0v) is 11.7. The SMILES string of the molecule is CC(C)CNC(=O)Cc1ccc(Br)c(Cl)c1. The lowest BCUT2D eigenvalue weighted by Crippen LogP contribution is -2.28. The van der Waals surface area contributed by atoms with Crippen LogP contribution >= 0.6 is 27.5 Å². The average molecular weight is 305 g/mol. The topological polar surface area (TPSA) is 29.1 Å². The predicted octanol–water partition coefficient (Wildman–Crippen LogP) is 3.42. The van der Waals surface area contributed by atoms with E-state index >= 15 is 0 Å². The van der Waals surface area contributed by atoms with Gasteiger partial charge >= 0.3 is 0 Å². The summed E-state index contributed by atoms with van der Waals surface area (Å²) in [6.07, 6.45) is 0.375. The molecule has 0 saturated heterocycles. The minimum atomic E-state index is 0.0343. The lowest BCUT2D eigenvalue weighted by atomic mass is 10.1. The number of hydrogen-bond donors (Lipinski definition) is 1. The van der Waals surface area contributed by atoms with Gasteiger partial charge in [-0.1, -0.05) is 31.5 Å². The van der Waals surface area contributed by atoms with Crippen molar-refractivity contribution >= 4 is 33.4 Å². The monoisotopic (exact) mass is 303 g/mol. The number of halogens is 2. The van der Waals surface area contributed by atoms with Crippen molar-refractivity contribution in [2.45, 2.75) is 20.3 Å². The van der Waals surface area contributed by atoms with E-state index in [2.05, 4.69) is 35.1 Å². The highest BCUT2D eigenvalue weighted by atomic mass is 79.9. The molecule has 88 valence electrons. The van der Waals surface area contributed by atoms with Crippen LogP contribution in [-0.2, 0) is 11.2 Å². The number of carbonyl (C=O) groups is 1. The molecule has 0 aliphatic rings. The van der Waals surface area contributed by atoms with Crippen LogP contribution < -0.4 is 5.32 Å². The zero-order valence-electron chi connectivity index (χ0n) is 9.39. The van der Waals surface area contributed by atoms with Crippen LogP contribution in [0.3, 0.4) is 0 Å². The largest absolute Gasteiger partial charge is 0.356 e. The van der Waals surface area contributed by atoms with Gasteiger partial charge in [-0.15, -0.1) is 0 Å². The lowest BCUT2D eigenvalue weighted by Gasteiger charge is -2.08. The number of hydrogen-bond acceptors (Lipinski definition) is 1. The fourth-order valence-electron chi connectivity index (χ4n) is 1.22. The molecule has 0 aliphatic carbocycles. The van der Waals surface area contributed by atoms with Crippen molar-refractivity contribution in [1.82, 2.24) is 5.32 Å². The molecule has 16 heavy (non-hydrogen) atoms. The van der Waals surface area contributed by atoms with Crippen molar-refractivity contribution in [2.75, 3.05) is 6.54 Å². The molecule has 1 aromatic carbocycles. The summed E-state index contributed by atoms with van der Waals surface area (Å²) in [5, 5.41) is 3.50. The lowest BCUT2D eigenvalue weighted by molar-refractivity contribution is -0.120. The Bertz CT molecular complexity index is 379. The molecule has 0 spiro atoms. The molecule has 0 atom stereocenters. The molecule has 0 aliphatic heterocycles. The van der Waals surface area contributed by atoms with Gasteiger partial charge in [0.05, 0.1) is 11.4 Å². The van der Waals surface area contributed by atoms with Crippen LogP contribution in [0.15, 0.2) is 22.7 Å². The van der Waals surface area contributed by atoms with E-state index in [1.165, 1.54) is 0 Å². The van der Waals surface area contributed by atoms with Crippen molar-refractivity contribution in [1.29, 1.82) is 0 Å². The molecular weight excluding hydrogens is 289 g/mol. The summed E-state index contributed by atoms with van der Waals surface area (Å²) in [5.41, 5.74) is 0.925. The van der Waals surface area contributed by atoms with Crippen molar-refractivity contribution in [3.05, 3.63) is 33.3 Å². The van der Waals surface area contributed by atoms with E-state index in [0.717, 1.165) is 10.0 Å². The van der Waals surface area contributed by atoms with Crippen LogP contribution in [0.2, 0.25) is 5.02 Å². The molecule has 0 fully saturated rings. The van der Waals surface area contributed by atoms with E-state index in [1.54, 1.807) is 6.07 Å². The summed E-state index contributed by atoms with van der Waals surface area (Å²) in [7, 11) is 0. The number of amides is 1. The number of rotatable bonds is 4. The van der Waals surface area contributed by atoms with Gasteiger partial charge in [-0.05, 0) is 39.5 Å². The van der Waals surface area contributed by atoms with Gasteiger partial charge in [0.1, 0.15) is 0 Å². The van der Waals surface area contributed by atoms with Gasteiger partial charge in [0.15, 0.2) is 0 Å². The second-order valence-corrected chi connectivity index (χ2v) is 5.38. The molecule has 1 amide bonds. The van der Waals surface area contributed by atoms with Crippen molar-refractivity contribution < 1.29 is 4.79 Å². The van der Waals surface area contributed by atoms with Gasteiger partial charge in [-0.3, -0.25) is 4.79 Å². The molecule has 2 nitrogen and oxygen atoms in total. The van der Waals surface area contributed by atoms with E-state index in [-0.39, 0.29) is 5.91 Å². The quantitative estimate of drug-likeness (QED) is 0.907. The number of nitrogens with one attached hydrogen (secondary N) is 1. The molecule has 0 heterocycles. The van der Waals surface area contributed by atoms with Gasteiger partial charge in [0.2, 0.25) is 5.91 Å². The average Bonchev–Trinajstić information content (AvgIpc) is 2.21. The Hall–Kier alpha value is -0.540. The van der Waals surface area contributed by atoms with Crippen LogP contribution in [0, 0.1) is 5.92 Å². The van der Waals surface area contributed by atoms with Crippen molar-refractivity contribution in [3.63, 3.8) is 0 Å². The molecule has 0 unspecified atom stereocenters. The summed E-state index contributed by atoms with van der Waals surface area (Å²) >= 11 is 9.26. The highest BCUT2D eigenvalue weighted by Crippen LogP contribution is 2.23. The Morgan fingerprint density at radius 1 is 1.50 bits per heavy atom. The maximum Gasteiger partial charge on any atom is 0.224 e. The minimum Gasteiger partial charge on any atom is -0.356 e. The molecular formula is C12H15BrClNO. The predicted molar refractivity (Wildman–Crippen MR) is 70.7 cm³/mol. The third-order valence-corrected chi connectivity index (χ3v) is 3.29. The van der Waals surface area contributed by atoms with Crippen LogP contribution in [0.5, 0.6) is 0 Å². The Morgan fingerprint density at radius 2 is 2.19 bits per heavy atom. The van der Waals surface area contributed by atoms with Crippen molar-refractivity contribution in [2.24, 2.45) is 5.92 Å². The van der Waals surface area contributed by atoms with E-state index < -0.39 is 0 Å². The Morgan fingerprint density at radius 3 is 2.75 bits per heavy atom. The third kappa shape index (κ3) is 4.54. The second kappa shape index (κ2) is 6.26. The van der Waals surface area contributed by atoms with Crippen LogP contribution in [-0.4, -0.2) is 12.5 Å². The molecule has 0 bridgehead atoms. The first-order valence-corrected chi connectivity index (χ1v) is 6.36. The van der Waals surface area contributed by atoms with E-state index in [0.29, 0.717) is 23.9 Å². The van der Waals surface area contributed by atoms with Gasteiger partial charge in [-0.2, -0.15) is 0 Å². The zero-order chi connectivity index (χ0) is 12.1. The first-order valence-electron chi connectivity index (χ1n) is 5.19. The molecule has 0 radical (unpaired) electrons. The van der Waals surface area contributed by atoms with Crippen LogP contribution in [0.4, 0.5) is 0 Å². The number of carbonyl (C=O) groups excluding carboxylic acids is 1. The normalized spacial score (nSPS) is 10.6. The van der Waals surface area contributed by atoms with Gasteiger partial charge in [0.25, 0.3) is 0 Å². The second-order valence-electron chi connectivity index (χ2n) is 4.12. The highest BCUT2D eigenvalue weighted by molar-refractivity contribution is 9.10. The molecule has 0 saturated carbocycles. The highest BCUT2D eigenvalue weighted by Gasteiger charge is 2.05. The Kier molecular flexibility index (Phi) is 5.29. The van der Waals surface area contributed by atoms with Gasteiger partial charge in [0, 0.05) is 11.0 Å². The molecule has 1 aromatic rings. The standard InChI is InChI=1S/C12H15BrClNO/c1-8(2)7-15-12(16)6-9-3-4-10(13)11(14)5-9/h3-5,8H,6-7H2,1-2H3,(H,15,16). The molecule has 4 heteroatoms. The molecule has 0 aromatic heterocycles. The van der Waals surface area contributed by atoms with Crippen molar-refractivity contribution in [3.8, 4) is 0 Å². The Balaban J connectivity index is 2.53. The number of benzene rings is 1.